The highest BCUT2D eigenvalue weighted by molar-refractivity contribution is 6.28. The lowest BCUT2D eigenvalue weighted by Gasteiger charge is -2.44. The number of pyridine rings is 1. The molecule has 1 aliphatic heterocycles. The maximum Gasteiger partial charge on any atom is 0.408 e. The summed E-state index contributed by atoms with van der Waals surface area (Å²) in [6, 6.07) is 3.54. The van der Waals surface area contributed by atoms with Gasteiger partial charge in [0.1, 0.15) is 5.52 Å². The number of amides is 1. The number of halogens is 1. The van der Waals surface area contributed by atoms with Gasteiger partial charge in [0.15, 0.2) is 5.82 Å². The van der Waals surface area contributed by atoms with E-state index in [4.69, 9.17) is 11.6 Å². The molecular weight excluding hydrogens is 342 g/mol. The molecule has 25 heavy (non-hydrogen) atoms. The van der Waals surface area contributed by atoms with Crippen LogP contribution in [-0.4, -0.2) is 55.7 Å². The van der Waals surface area contributed by atoms with E-state index in [2.05, 4.69) is 19.9 Å². The Kier molecular flexibility index (Phi) is 4.69. The van der Waals surface area contributed by atoms with E-state index in [1.165, 1.54) is 4.90 Å². The molecule has 0 spiro atoms. The summed E-state index contributed by atoms with van der Waals surface area (Å²) in [7, 11) is 0. The third-order valence-corrected chi connectivity index (χ3v) is 4.57. The lowest BCUT2D eigenvalue weighted by atomic mass is 9.97. The van der Waals surface area contributed by atoms with Gasteiger partial charge in [0.2, 0.25) is 5.28 Å². The van der Waals surface area contributed by atoms with Crippen LogP contribution >= 0.6 is 11.6 Å². The third kappa shape index (κ3) is 3.61. The van der Waals surface area contributed by atoms with Crippen LogP contribution in [0.25, 0.3) is 11.0 Å². The minimum absolute atomic E-state index is 0.112. The SMILES string of the molecule is CC(C)(C)N(C(=O)O)[C@@H]1CCCN(c2nc(Cl)nc3cccnc23)C1. The molecule has 1 fully saturated rings. The van der Waals surface area contributed by atoms with Gasteiger partial charge in [0.25, 0.3) is 0 Å². The highest BCUT2D eigenvalue weighted by Crippen LogP contribution is 2.29. The number of hydrogen-bond acceptors (Lipinski definition) is 5. The Morgan fingerprint density at radius 1 is 1.40 bits per heavy atom. The van der Waals surface area contributed by atoms with Crippen molar-refractivity contribution in [2.75, 3.05) is 18.0 Å². The summed E-state index contributed by atoms with van der Waals surface area (Å²) >= 11 is 6.08. The molecule has 8 heteroatoms. The second-order valence-electron chi connectivity index (χ2n) is 7.25. The standard InChI is InChI=1S/C17H22ClN5O2/c1-17(2,3)23(16(24)25)11-6-5-9-22(10-11)14-13-12(7-4-8-19-13)20-15(18)21-14/h4,7-8,11H,5-6,9-10H2,1-3H3,(H,24,25)/t11-/m1/s1. The molecule has 1 N–H and O–H groups in total. The molecule has 2 aromatic heterocycles. The van der Waals surface area contributed by atoms with Crippen molar-refractivity contribution >= 4 is 34.5 Å². The van der Waals surface area contributed by atoms with Crippen LogP contribution in [0.5, 0.6) is 0 Å². The fourth-order valence-corrected chi connectivity index (χ4v) is 3.66. The van der Waals surface area contributed by atoms with Crippen molar-refractivity contribution in [2.24, 2.45) is 0 Å². The van der Waals surface area contributed by atoms with E-state index >= 15 is 0 Å². The highest BCUT2D eigenvalue weighted by atomic mass is 35.5. The van der Waals surface area contributed by atoms with Gasteiger partial charge in [-0.05, 0) is 57.3 Å². The first-order valence-electron chi connectivity index (χ1n) is 8.33. The number of piperidine rings is 1. The molecule has 1 atom stereocenters. The Morgan fingerprint density at radius 2 is 2.16 bits per heavy atom. The maximum absolute atomic E-state index is 11.8. The van der Waals surface area contributed by atoms with E-state index in [0.717, 1.165) is 19.4 Å². The van der Waals surface area contributed by atoms with Crippen molar-refractivity contribution in [2.45, 2.75) is 45.2 Å². The summed E-state index contributed by atoms with van der Waals surface area (Å²) in [5.41, 5.74) is 0.902. The van der Waals surface area contributed by atoms with Gasteiger partial charge in [0.05, 0.1) is 11.6 Å². The van der Waals surface area contributed by atoms with Crippen molar-refractivity contribution in [3.63, 3.8) is 0 Å². The van der Waals surface area contributed by atoms with E-state index in [1.54, 1.807) is 12.3 Å². The molecular formula is C17H22ClN5O2. The van der Waals surface area contributed by atoms with Crippen molar-refractivity contribution in [1.82, 2.24) is 19.9 Å². The van der Waals surface area contributed by atoms with E-state index in [1.807, 2.05) is 26.8 Å². The van der Waals surface area contributed by atoms with Crippen molar-refractivity contribution in [3.8, 4) is 0 Å². The molecule has 3 heterocycles. The molecule has 0 unspecified atom stereocenters. The van der Waals surface area contributed by atoms with E-state index in [9.17, 15) is 9.90 Å². The number of aromatic nitrogens is 3. The molecule has 134 valence electrons. The molecule has 1 aliphatic rings. The van der Waals surface area contributed by atoms with Crippen LogP contribution < -0.4 is 4.90 Å². The lowest BCUT2D eigenvalue weighted by molar-refractivity contribution is 0.0648. The van der Waals surface area contributed by atoms with Gasteiger partial charge in [-0.1, -0.05) is 0 Å². The summed E-state index contributed by atoms with van der Waals surface area (Å²) in [6.07, 6.45) is 2.50. The Labute approximate surface area is 151 Å². The lowest BCUT2D eigenvalue weighted by Crippen LogP contribution is -2.57. The largest absolute Gasteiger partial charge is 0.465 e. The average molecular weight is 364 g/mol. The second-order valence-corrected chi connectivity index (χ2v) is 7.59. The molecule has 0 radical (unpaired) electrons. The second kappa shape index (κ2) is 6.63. The predicted octanol–water partition coefficient (Wildman–Crippen LogP) is 3.43. The monoisotopic (exact) mass is 363 g/mol. The van der Waals surface area contributed by atoms with E-state index in [-0.39, 0.29) is 11.3 Å². The summed E-state index contributed by atoms with van der Waals surface area (Å²) in [6.45, 7) is 7.09. The molecule has 7 nitrogen and oxygen atoms in total. The minimum atomic E-state index is -0.900. The van der Waals surface area contributed by atoms with Gasteiger partial charge >= 0.3 is 6.09 Å². The first-order valence-corrected chi connectivity index (χ1v) is 8.70. The Bertz CT molecular complexity index is 792. The smallest absolute Gasteiger partial charge is 0.408 e. The molecule has 1 amide bonds. The van der Waals surface area contributed by atoms with Gasteiger partial charge in [-0.15, -0.1) is 0 Å². The molecule has 0 bridgehead atoms. The number of carboxylic acid groups (broad SMARTS) is 1. The number of rotatable bonds is 2. The van der Waals surface area contributed by atoms with Crippen LogP contribution in [0, 0.1) is 0 Å². The van der Waals surface area contributed by atoms with Gasteiger partial charge in [0, 0.05) is 24.8 Å². The summed E-state index contributed by atoms with van der Waals surface area (Å²) in [5.74, 6) is 0.666. The molecule has 1 saturated heterocycles. The number of carbonyl (C=O) groups is 1. The van der Waals surface area contributed by atoms with Crippen LogP contribution in [0.2, 0.25) is 5.28 Å². The first-order chi connectivity index (χ1) is 11.8. The number of anilines is 1. The molecule has 0 aromatic carbocycles. The topological polar surface area (TPSA) is 82.5 Å². The predicted molar refractivity (Wildman–Crippen MR) is 97.2 cm³/mol. The first kappa shape index (κ1) is 17.7. The molecule has 0 saturated carbocycles. The summed E-state index contributed by atoms with van der Waals surface area (Å²) in [4.78, 5) is 28.4. The zero-order chi connectivity index (χ0) is 18.2. The van der Waals surface area contributed by atoms with Crippen LogP contribution in [0.15, 0.2) is 18.3 Å². The van der Waals surface area contributed by atoms with E-state index < -0.39 is 11.6 Å². The highest BCUT2D eigenvalue weighted by Gasteiger charge is 2.36. The Balaban J connectivity index is 1.96. The maximum atomic E-state index is 11.8. The normalized spacial score (nSPS) is 18.4. The average Bonchev–Trinajstić information content (AvgIpc) is 2.52. The number of hydrogen-bond donors (Lipinski definition) is 1. The van der Waals surface area contributed by atoms with Gasteiger partial charge in [-0.2, -0.15) is 4.98 Å². The number of nitrogens with zero attached hydrogens (tertiary/aromatic N) is 5. The van der Waals surface area contributed by atoms with Crippen molar-refractivity contribution in [1.29, 1.82) is 0 Å². The van der Waals surface area contributed by atoms with Crippen molar-refractivity contribution < 1.29 is 9.90 Å². The molecule has 3 rings (SSSR count). The quantitative estimate of drug-likeness (QED) is 0.823. The van der Waals surface area contributed by atoms with Crippen LogP contribution in [-0.2, 0) is 0 Å². The molecule has 0 aliphatic carbocycles. The minimum Gasteiger partial charge on any atom is -0.465 e. The zero-order valence-corrected chi connectivity index (χ0v) is 15.4. The van der Waals surface area contributed by atoms with Gasteiger partial charge in [-0.25, -0.2) is 9.78 Å². The Morgan fingerprint density at radius 3 is 2.84 bits per heavy atom. The van der Waals surface area contributed by atoms with Crippen LogP contribution in [0.1, 0.15) is 33.6 Å². The fourth-order valence-electron chi connectivity index (χ4n) is 3.49. The summed E-state index contributed by atoms with van der Waals surface area (Å²) < 4.78 is 0. The third-order valence-electron chi connectivity index (χ3n) is 4.40. The van der Waals surface area contributed by atoms with Crippen LogP contribution in [0.4, 0.5) is 10.6 Å². The zero-order valence-electron chi connectivity index (χ0n) is 14.6. The van der Waals surface area contributed by atoms with E-state index in [0.29, 0.717) is 23.4 Å². The summed E-state index contributed by atoms with van der Waals surface area (Å²) in [5, 5.41) is 9.85. The Hall–Kier alpha value is -2.15. The van der Waals surface area contributed by atoms with Gasteiger partial charge < -0.3 is 10.0 Å². The fraction of sp³-hybridized carbons (Fsp3) is 0.529. The van der Waals surface area contributed by atoms with Crippen molar-refractivity contribution in [3.05, 3.63) is 23.6 Å². The number of fused-ring (bicyclic) bond motifs is 1. The molecule has 2 aromatic rings. The van der Waals surface area contributed by atoms with Crippen LogP contribution in [0.3, 0.4) is 0 Å². The van der Waals surface area contributed by atoms with Gasteiger partial charge in [-0.3, -0.25) is 9.88 Å².